The van der Waals surface area contributed by atoms with E-state index in [4.69, 9.17) is 14.4 Å². The van der Waals surface area contributed by atoms with Crippen LogP contribution >= 0.6 is 0 Å². The highest BCUT2D eigenvalue weighted by Gasteiger charge is 2.49. The van der Waals surface area contributed by atoms with Gasteiger partial charge in [0.25, 0.3) is 0 Å². The fraction of sp³-hybridized carbons (Fsp3) is 0.444. The van der Waals surface area contributed by atoms with E-state index in [-0.39, 0.29) is 11.4 Å². The standard InChI is InChI=1S/C13H18O3.C5H3NO/c1-12(2,3)16-11(14)9-13(6-7-13)10-5-4-8-15-10;6-4-5-2-1-3-7-5/h4-5,8H,6-7,9H2,1-3H3;1-3H. The van der Waals surface area contributed by atoms with Crippen molar-refractivity contribution >= 4 is 5.97 Å². The second-order valence-corrected chi connectivity index (χ2v) is 6.61. The summed E-state index contributed by atoms with van der Waals surface area (Å²) in [5.74, 6) is 1.14. The Bertz CT molecular complexity index is 653. The summed E-state index contributed by atoms with van der Waals surface area (Å²) in [7, 11) is 0. The molecule has 2 aromatic rings. The Labute approximate surface area is 135 Å². The maximum absolute atomic E-state index is 11.7. The normalized spacial score (nSPS) is 15.0. The molecule has 3 rings (SSSR count). The second-order valence-electron chi connectivity index (χ2n) is 6.61. The van der Waals surface area contributed by atoms with Crippen molar-refractivity contribution in [2.45, 2.75) is 51.0 Å². The van der Waals surface area contributed by atoms with Crippen LogP contribution in [0.1, 0.15) is 51.6 Å². The van der Waals surface area contributed by atoms with Gasteiger partial charge in [-0.15, -0.1) is 0 Å². The van der Waals surface area contributed by atoms with Gasteiger partial charge >= 0.3 is 5.97 Å². The van der Waals surface area contributed by atoms with Crippen molar-refractivity contribution < 1.29 is 18.4 Å². The molecule has 0 atom stereocenters. The average Bonchev–Trinajstić information content (AvgIpc) is 2.95. The van der Waals surface area contributed by atoms with Crippen LogP contribution < -0.4 is 0 Å². The molecule has 5 heteroatoms. The molecule has 122 valence electrons. The first kappa shape index (κ1) is 16.9. The molecule has 0 unspecified atom stereocenters. The number of hydrogen-bond donors (Lipinski definition) is 0. The number of nitriles is 1. The van der Waals surface area contributed by atoms with E-state index in [1.54, 1.807) is 18.4 Å². The molecule has 0 bridgehead atoms. The van der Waals surface area contributed by atoms with E-state index >= 15 is 0 Å². The highest BCUT2D eigenvalue weighted by Crippen LogP contribution is 2.51. The zero-order valence-corrected chi connectivity index (χ0v) is 13.7. The minimum absolute atomic E-state index is 0.0775. The zero-order valence-electron chi connectivity index (χ0n) is 13.7. The molecule has 0 saturated heterocycles. The fourth-order valence-corrected chi connectivity index (χ4v) is 2.24. The smallest absolute Gasteiger partial charge is 0.307 e. The lowest BCUT2D eigenvalue weighted by molar-refractivity contribution is -0.155. The van der Waals surface area contributed by atoms with E-state index in [0.717, 1.165) is 18.6 Å². The lowest BCUT2D eigenvalue weighted by atomic mass is 9.99. The molecule has 0 aromatic carbocycles. The summed E-state index contributed by atoms with van der Waals surface area (Å²) in [5.41, 5.74) is -0.484. The molecule has 0 amide bonds. The molecule has 5 nitrogen and oxygen atoms in total. The number of hydrogen-bond acceptors (Lipinski definition) is 5. The molecule has 2 heterocycles. The van der Waals surface area contributed by atoms with Crippen molar-refractivity contribution in [2.24, 2.45) is 0 Å². The van der Waals surface area contributed by atoms with E-state index in [1.165, 1.54) is 6.26 Å². The highest BCUT2D eigenvalue weighted by atomic mass is 16.6. The van der Waals surface area contributed by atoms with Crippen molar-refractivity contribution in [2.75, 3.05) is 0 Å². The molecular formula is C18H21NO4. The summed E-state index contributed by atoms with van der Waals surface area (Å²) in [4.78, 5) is 11.7. The number of furan rings is 2. The second kappa shape index (κ2) is 6.74. The molecule has 2 aromatic heterocycles. The maximum atomic E-state index is 11.7. The molecule has 1 saturated carbocycles. The molecule has 0 N–H and O–H groups in total. The zero-order chi connectivity index (χ0) is 16.9. The van der Waals surface area contributed by atoms with Crippen molar-refractivity contribution in [3.8, 4) is 6.07 Å². The summed E-state index contributed by atoms with van der Waals surface area (Å²) in [6.45, 7) is 5.66. The van der Waals surface area contributed by atoms with Gasteiger partial charge in [-0.2, -0.15) is 5.26 Å². The molecular weight excluding hydrogens is 294 g/mol. The van der Waals surface area contributed by atoms with Crippen LogP contribution in [-0.4, -0.2) is 11.6 Å². The Morgan fingerprint density at radius 1 is 1.26 bits per heavy atom. The molecule has 0 radical (unpaired) electrons. The van der Waals surface area contributed by atoms with Crippen molar-refractivity contribution in [3.63, 3.8) is 0 Å². The van der Waals surface area contributed by atoms with E-state index in [2.05, 4.69) is 4.42 Å². The molecule has 0 aliphatic heterocycles. The third kappa shape index (κ3) is 5.03. The van der Waals surface area contributed by atoms with E-state index in [1.807, 2.05) is 39.0 Å². The molecule has 23 heavy (non-hydrogen) atoms. The van der Waals surface area contributed by atoms with E-state index < -0.39 is 5.60 Å². The van der Waals surface area contributed by atoms with Gasteiger partial charge in [-0.05, 0) is 57.9 Å². The number of rotatable bonds is 3. The third-order valence-corrected chi connectivity index (χ3v) is 3.43. The van der Waals surface area contributed by atoms with Crippen LogP contribution in [0.25, 0.3) is 0 Å². The van der Waals surface area contributed by atoms with Gasteiger partial charge in [0.05, 0.1) is 18.9 Å². The maximum Gasteiger partial charge on any atom is 0.307 e. The molecule has 0 spiro atoms. The Kier molecular flexibility index (Phi) is 4.95. The van der Waals surface area contributed by atoms with Crippen LogP contribution in [0.4, 0.5) is 0 Å². The van der Waals surface area contributed by atoms with Crippen LogP contribution in [0.5, 0.6) is 0 Å². The first-order chi connectivity index (χ1) is 10.8. The first-order valence-electron chi connectivity index (χ1n) is 7.54. The Hall–Kier alpha value is -2.48. The van der Waals surface area contributed by atoms with Gasteiger partial charge in [-0.25, -0.2) is 0 Å². The van der Waals surface area contributed by atoms with Gasteiger partial charge in [-0.3, -0.25) is 4.79 Å². The summed E-state index contributed by atoms with van der Waals surface area (Å²) in [6, 6.07) is 8.94. The minimum Gasteiger partial charge on any atom is -0.469 e. The summed E-state index contributed by atoms with van der Waals surface area (Å²) in [5, 5.41) is 8.08. The van der Waals surface area contributed by atoms with Crippen LogP contribution in [0.15, 0.2) is 45.6 Å². The number of nitrogens with zero attached hydrogens (tertiary/aromatic N) is 1. The van der Waals surface area contributed by atoms with Gasteiger partial charge in [0.15, 0.2) is 0 Å². The van der Waals surface area contributed by atoms with Gasteiger partial charge in [-0.1, -0.05) is 0 Å². The van der Waals surface area contributed by atoms with Crippen molar-refractivity contribution in [1.29, 1.82) is 5.26 Å². The van der Waals surface area contributed by atoms with Crippen molar-refractivity contribution in [1.82, 2.24) is 0 Å². The number of esters is 1. The fourth-order valence-electron chi connectivity index (χ4n) is 2.24. The van der Waals surface area contributed by atoms with Crippen molar-refractivity contribution in [3.05, 3.63) is 48.3 Å². The monoisotopic (exact) mass is 315 g/mol. The van der Waals surface area contributed by atoms with Crippen LogP contribution in [0, 0.1) is 11.3 Å². The summed E-state index contributed by atoms with van der Waals surface area (Å²) < 4.78 is 15.3. The summed E-state index contributed by atoms with van der Waals surface area (Å²) >= 11 is 0. The Morgan fingerprint density at radius 2 is 1.91 bits per heavy atom. The average molecular weight is 315 g/mol. The van der Waals surface area contributed by atoms with Crippen LogP contribution in [0.2, 0.25) is 0 Å². The number of carbonyl (C=O) groups is 1. The molecule has 1 aliphatic carbocycles. The molecule has 1 fully saturated rings. The van der Waals surface area contributed by atoms with Gasteiger partial charge in [0.2, 0.25) is 5.76 Å². The Morgan fingerprint density at radius 3 is 2.30 bits per heavy atom. The highest BCUT2D eigenvalue weighted by molar-refractivity contribution is 5.72. The van der Waals surface area contributed by atoms with E-state index in [0.29, 0.717) is 12.2 Å². The quantitative estimate of drug-likeness (QED) is 0.794. The van der Waals surface area contributed by atoms with E-state index in [9.17, 15) is 4.79 Å². The van der Waals surface area contributed by atoms with Gasteiger partial charge in [0, 0.05) is 5.41 Å². The molecule has 1 aliphatic rings. The first-order valence-corrected chi connectivity index (χ1v) is 7.54. The summed E-state index contributed by atoms with van der Waals surface area (Å²) in [6.07, 6.45) is 5.58. The van der Waals surface area contributed by atoms with Crippen LogP contribution in [-0.2, 0) is 14.9 Å². The minimum atomic E-state index is -0.406. The topological polar surface area (TPSA) is 76.4 Å². The van der Waals surface area contributed by atoms with Crippen LogP contribution in [0.3, 0.4) is 0 Å². The SMILES string of the molecule is CC(C)(C)OC(=O)CC1(c2ccco2)CC1.N#Cc1ccco1. The number of carbonyl (C=O) groups excluding carboxylic acids is 1. The lowest BCUT2D eigenvalue weighted by Crippen LogP contribution is -2.26. The van der Waals surface area contributed by atoms with Gasteiger partial charge in [0.1, 0.15) is 17.4 Å². The Balaban J connectivity index is 0.000000229. The predicted molar refractivity (Wildman–Crippen MR) is 83.5 cm³/mol. The van der Waals surface area contributed by atoms with Gasteiger partial charge < -0.3 is 13.6 Å². The largest absolute Gasteiger partial charge is 0.469 e. The number of ether oxygens (including phenoxy) is 1. The third-order valence-electron chi connectivity index (χ3n) is 3.43. The lowest BCUT2D eigenvalue weighted by Gasteiger charge is -2.21. The predicted octanol–water partition coefficient (Wildman–Crippen LogP) is 4.19.